The van der Waals surface area contributed by atoms with Gasteiger partial charge in [0.15, 0.2) is 0 Å². The summed E-state index contributed by atoms with van der Waals surface area (Å²) in [5, 5.41) is 3.02. The molecule has 0 saturated carbocycles. The van der Waals surface area contributed by atoms with Gasteiger partial charge in [-0.1, -0.05) is 42.5 Å². The van der Waals surface area contributed by atoms with Crippen LogP contribution in [-0.2, 0) is 20.7 Å². The van der Waals surface area contributed by atoms with Crippen molar-refractivity contribution in [1.82, 2.24) is 5.32 Å². The fourth-order valence-corrected chi connectivity index (χ4v) is 2.53. The Morgan fingerprint density at radius 3 is 2.48 bits per heavy atom. The molecule has 0 radical (unpaired) electrons. The van der Waals surface area contributed by atoms with Crippen molar-refractivity contribution in [1.29, 1.82) is 0 Å². The second-order valence-electron chi connectivity index (χ2n) is 4.98. The number of hydrogen-bond donors (Lipinski definition) is 1. The minimum atomic E-state index is -0.144. The Balaban J connectivity index is 1.91. The summed E-state index contributed by atoms with van der Waals surface area (Å²) in [6.45, 7) is 5.13. The number of benzene rings is 1. The Kier molecular flexibility index (Phi) is 5.96. The topological polar surface area (TPSA) is 47.6 Å². The average molecular weight is 289 g/mol. The van der Waals surface area contributed by atoms with E-state index in [-0.39, 0.29) is 24.2 Å². The van der Waals surface area contributed by atoms with Crippen molar-refractivity contribution in [3.63, 3.8) is 0 Å². The lowest BCUT2D eigenvalue weighted by atomic mass is 10.1. The first-order chi connectivity index (χ1) is 10.2. The SMILES string of the molecule is CCO[C@H]1[C@H](NC(=O)Cc2ccccc2)C=C[C@H]1OCC. The zero-order chi connectivity index (χ0) is 15.1. The highest BCUT2D eigenvalue weighted by atomic mass is 16.5. The number of carbonyl (C=O) groups excluding carboxylic acids is 1. The number of amides is 1. The molecule has 4 nitrogen and oxygen atoms in total. The molecule has 114 valence electrons. The van der Waals surface area contributed by atoms with Gasteiger partial charge in [0.05, 0.1) is 12.5 Å². The summed E-state index contributed by atoms with van der Waals surface area (Å²) in [7, 11) is 0. The lowest BCUT2D eigenvalue weighted by Crippen LogP contribution is -2.46. The van der Waals surface area contributed by atoms with Crippen molar-refractivity contribution in [2.75, 3.05) is 13.2 Å². The molecule has 0 aliphatic heterocycles. The molecule has 1 aromatic rings. The number of rotatable bonds is 7. The minimum absolute atomic E-state index is 0.00213. The Labute approximate surface area is 126 Å². The predicted molar refractivity (Wildman–Crippen MR) is 82.0 cm³/mol. The first-order valence-corrected chi connectivity index (χ1v) is 7.49. The van der Waals surface area contributed by atoms with Crippen LogP contribution in [0.2, 0.25) is 0 Å². The van der Waals surface area contributed by atoms with Crippen LogP contribution < -0.4 is 5.32 Å². The minimum Gasteiger partial charge on any atom is -0.373 e. The monoisotopic (exact) mass is 289 g/mol. The summed E-state index contributed by atoms with van der Waals surface area (Å²) in [4.78, 5) is 12.1. The van der Waals surface area contributed by atoms with Crippen LogP contribution in [0.15, 0.2) is 42.5 Å². The molecule has 0 spiro atoms. The Hall–Kier alpha value is -1.65. The van der Waals surface area contributed by atoms with E-state index < -0.39 is 0 Å². The van der Waals surface area contributed by atoms with E-state index in [1.807, 2.05) is 56.3 Å². The molecule has 1 N–H and O–H groups in total. The summed E-state index contributed by atoms with van der Waals surface area (Å²) in [6.07, 6.45) is 4.08. The maximum Gasteiger partial charge on any atom is 0.224 e. The van der Waals surface area contributed by atoms with Crippen LogP contribution in [0.25, 0.3) is 0 Å². The van der Waals surface area contributed by atoms with Gasteiger partial charge in [0.25, 0.3) is 0 Å². The molecule has 3 atom stereocenters. The van der Waals surface area contributed by atoms with Crippen LogP contribution in [0.4, 0.5) is 0 Å². The third-order valence-corrected chi connectivity index (χ3v) is 3.44. The molecule has 1 aliphatic rings. The van der Waals surface area contributed by atoms with Crippen LogP contribution >= 0.6 is 0 Å². The van der Waals surface area contributed by atoms with Crippen LogP contribution in [0.5, 0.6) is 0 Å². The van der Waals surface area contributed by atoms with E-state index in [1.54, 1.807) is 0 Å². The van der Waals surface area contributed by atoms with Gasteiger partial charge in [0, 0.05) is 13.2 Å². The molecule has 2 rings (SSSR count). The third-order valence-electron chi connectivity index (χ3n) is 3.44. The predicted octanol–water partition coefficient (Wildman–Crippen LogP) is 2.09. The Morgan fingerprint density at radius 2 is 1.81 bits per heavy atom. The molecule has 1 aromatic carbocycles. The van der Waals surface area contributed by atoms with Gasteiger partial charge in [-0.25, -0.2) is 0 Å². The molecule has 1 aliphatic carbocycles. The fraction of sp³-hybridized carbons (Fsp3) is 0.471. The number of ether oxygens (including phenoxy) is 2. The van der Waals surface area contributed by atoms with Crippen LogP contribution in [0.3, 0.4) is 0 Å². The van der Waals surface area contributed by atoms with Gasteiger partial charge < -0.3 is 14.8 Å². The smallest absolute Gasteiger partial charge is 0.224 e. The second kappa shape index (κ2) is 7.96. The number of hydrogen-bond acceptors (Lipinski definition) is 3. The first-order valence-electron chi connectivity index (χ1n) is 7.49. The molecule has 0 fully saturated rings. The van der Waals surface area contributed by atoms with Gasteiger partial charge in [0.2, 0.25) is 5.91 Å². The lowest BCUT2D eigenvalue weighted by Gasteiger charge is -2.25. The molecular weight excluding hydrogens is 266 g/mol. The normalized spacial score (nSPS) is 24.2. The summed E-state index contributed by atoms with van der Waals surface area (Å²) in [6, 6.07) is 9.59. The van der Waals surface area contributed by atoms with Gasteiger partial charge in [-0.05, 0) is 19.4 Å². The van der Waals surface area contributed by atoms with Crippen molar-refractivity contribution >= 4 is 5.91 Å². The number of nitrogens with one attached hydrogen (secondary N) is 1. The van der Waals surface area contributed by atoms with Crippen molar-refractivity contribution < 1.29 is 14.3 Å². The van der Waals surface area contributed by atoms with Crippen molar-refractivity contribution in [2.45, 2.75) is 38.5 Å². The van der Waals surface area contributed by atoms with E-state index >= 15 is 0 Å². The zero-order valence-corrected chi connectivity index (χ0v) is 12.6. The van der Waals surface area contributed by atoms with Crippen molar-refractivity contribution in [3.05, 3.63) is 48.0 Å². The molecule has 4 heteroatoms. The van der Waals surface area contributed by atoms with E-state index in [0.29, 0.717) is 19.6 Å². The van der Waals surface area contributed by atoms with Gasteiger partial charge in [0.1, 0.15) is 12.2 Å². The quantitative estimate of drug-likeness (QED) is 0.782. The standard InChI is InChI=1S/C17H23NO3/c1-3-20-15-11-10-14(17(15)21-4-2)18-16(19)12-13-8-6-5-7-9-13/h5-11,14-15,17H,3-4,12H2,1-2H3,(H,18,19)/t14-,15-,17+/m1/s1. The molecule has 0 heterocycles. The highest BCUT2D eigenvalue weighted by Crippen LogP contribution is 2.19. The summed E-state index contributed by atoms with van der Waals surface area (Å²) in [5.74, 6) is -0.00213. The molecule has 0 aromatic heterocycles. The average Bonchev–Trinajstić information content (AvgIpc) is 2.83. The van der Waals surface area contributed by atoms with Gasteiger partial charge >= 0.3 is 0 Å². The van der Waals surface area contributed by atoms with Crippen molar-refractivity contribution in [3.8, 4) is 0 Å². The summed E-state index contributed by atoms with van der Waals surface area (Å²) >= 11 is 0. The highest BCUT2D eigenvalue weighted by molar-refractivity contribution is 5.79. The van der Waals surface area contributed by atoms with Crippen LogP contribution in [-0.4, -0.2) is 37.4 Å². The third kappa shape index (κ3) is 4.41. The molecule has 1 amide bonds. The zero-order valence-electron chi connectivity index (χ0n) is 12.6. The maximum atomic E-state index is 12.1. The van der Waals surface area contributed by atoms with E-state index in [9.17, 15) is 4.79 Å². The fourth-order valence-electron chi connectivity index (χ4n) is 2.53. The van der Waals surface area contributed by atoms with Crippen molar-refractivity contribution in [2.24, 2.45) is 0 Å². The van der Waals surface area contributed by atoms with E-state index in [4.69, 9.17) is 9.47 Å². The first kappa shape index (κ1) is 15.7. The Bertz CT molecular complexity index is 472. The van der Waals surface area contributed by atoms with Crippen LogP contribution in [0.1, 0.15) is 19.4 Å². The lowest BCUT2D eigenvalue weighted by molar-refractivity contribution is -0.122. The Morgan fingerprint density at radius 1 is 1.10 bits per heavy atom. The maximum absolute atomic E-state index is 12.1. The second-order valence-corrected chi connectivity index (χ2v) is 4.98. The molecule has 0 unspecified atom stereocenters. The molecule has 21 heavy (non-hydrogen) atoms. The molecule has 0 bridgehead atoms. The van der Waals surface area contributed by atoms with Gasteiger partial charge in [-0.15, -0.1) is 0 Å². The van der Waals surface area contributed by atoms with E-state index in [0.717, 1.165) is 5.56 Å². The molecular formula is C17H23NO3. The largest absolute Gasteiger partial charge is 0.373 e. The summed E-state index contributed by atoms with van der Waals surface area (Å²) in [5.41, 5.74) is 1.01. The van der Waals surface area contributed by atoms with Gasteiger partial charge in [-0.2, -0.15) is 0 Å². The van der Waals surface area contributed by atoms with Gasteiger partial charge in [-0.3, -0.25) is 4.79 Å². The molecule has 0 saturated heterocycles. The summed E-state index contributed by atoms with van der Waals surface area (Å²) < 4.78 is 11.4. The number of carbonyl (C=O) groups is 1. The van der Waals surface area contributed by atoms with E-state index in [1.165, 1.54) is 0 Å². The van der Waals surface area contributed by atoms with Crippen LogP contribution in [0, 0.1) is 0 Å². The van der Waals surface area contributed by atoms with E-state index in [2.05, 4.69) is 5.32 Å². The highest BCUT2D eigenvalue weighted by Gasteiger charge is 2.33.